The first-order valence-corrected chi connectivity index (χ1v) is 5.58. The van der Waals surface area contributed by atoms with Crippen LogP contribution < -0.4 is 5.32 Å². The zero-order chi connectivity index (χ0) is 11.1. The van der Waals surface area contributed by atoms with Crippen molar-refractivity contribution in [3.8, 4) is 0 Å². The van der Waals surface area contributed by atoms with Crippen molar-refractivity contribution in [3.05, 3.63) is 18.2 Å². The van der Waals surface area contributed by atoms with Gasteiger partial charge < -0.3 is 4.57 Å². The molecule has 0 spiro atoms. The number of hydrogen-bond donors (Lipinski definition) is 1. The SMILES string of the molecule is O=C1CC(c2cncn2C2CC2)CC(=O)N1. The molecule has 2 amide bonds. The largest absolute Gasteiger partial charge is 0.331 e. The molecule has 16 heavy (non-hydrogen) atoms. The van der Waals surface area contributed by atoms with Crippen LogP contribution in [0, 0.1) is 0 Å². The van der Waals surface area contributed by atoms with Crippen molar-refractivity contribution in [2.24, 2.45) is 0 Å². The van der Waals surface area contributed by atoms with Crippen molar-refractivity contribution in [1.82, 2.24) is 14.9 Å². The molecule has 0 bridgehead atoms. The molecule has 0 aromatic carbocycles. The van der Waals surface area contributed by atoms with Crippen LogP contribution in [0.1, 0.15) is 43.3 Å². The van der Waals surface area contributed by atoms with Gasteiger partial charge in [-0.05, 0) is 12.8 Å². The highest BCUT2D eigenvalue weighted by Gasteiger charge is 2.32. The van der Waals surface area contributed by atoms with Gasteiger partial charge in [0.1, 0.15) is 0 Å². The molecule has 84 valence electrons. The molecule has 1 saturated heterocycles. The molecule has 1 saturated carbocycles. The van der Waals surface area contributed by atoms with E-state index >= 15 is 0 Å². The number of nitrogens with one attached hydrogen (secondary N) is 1. The van der Waals surface area contributed by atoms with Gasteiger partial charge in [-0.1, -0.05) is 0 Å². The molecular weight excluding hydrogens is 206 g/mol. The Balaban J connectivity index is 1.87. The lowest BCUT2D eigenvalue weighted by molar-refractivity contribution is -0.133. The van der Waals surface area contributed by atoms with Crippen molar-refractivity contribution >= 4 is 11.8 Å². The summed E-state index contributed by atoms with van der Waals surface area (Å²) in [5, 5.41) is 2.33. The van der Waals surface area contributed by atoms with E-state index in [1.807, 2.05) is 6.33 Å². The number of imide groups is 1. The molecule has 1 aromatic heterocycles. The van der Waals surface area contributed by atoms with E-state index in [1.54, 1.807) is 6.20 Å². The van der Waals surface area contributed by atoms with Crippen molar-refractivity contribution in [1.29, 1.82) is 0 Å². The minimum absolute atomic E-state index is 0.00403. The van der Waals surface area contributed by atoms with Gasteiger partial charge in [-0.2, -0.15) is 0 Å². The van der Waals surface area contributed by atoms with E-state index in [1.165, 1.54) is 12.8 Å². The summed E-state index contributed by atoms with van der Waals surface area (Å²) in [6.45, 7) is 0. The summed E-state index contributed by atoms with van der Waals surface area (Å²) in [5.74, 6) is -0.348. The second-order valence-corrected chi connectivity index (χ2v) is 4.53. The van der Waals surface area contributed by atoms with Gasteiger partial charge in [0.15, 0.2) is 0 Å². The van der Waals surface area contributed by atoms with Crippen LogP contribution in [-0.2, 0) is 9.59 Å². The Morgan fingerprint density at radius 3 is 2.56 bits per heavy atom. The fourth-order valence-corrected chi connectivity index (χ4v) is 2.28. The molecule has 1 aliphatic carbocycles. The van der Waals surface area contributed by atoms with Gasteiger partial charge in [0, 0.05) is 36.7 Å². The summed E-state index contributed by atoms with van der Waals surface area (Å²) < 4.78 is 2.12. The van der Waals surface area contributed by atoms with Gasteiger partial charge in [0.25, 0.3) is 0 Å². The highest BCUT2D eigenvalue weighted by Crippen LogP contribution is 2.38. The molecule has 0 atom stereocenters. The van der Waals surface area contributed by atoms with Crippen molar-refractivity contribution in [2.45, 2.75) is 37.6 Å². The molecule has 0 unspecified atom stereocenters. The molecular formula is C11H13N3O2. The molecule has 1 N–H and O–H groups in total. The predicted octanol–water partition coefficient (Wildman–Crippen LogP) is 0.738. The number of hydrogen-bond acceptors (Lipinski definition) is 3. The minimum Gasteiger partial charge on any atom is -0.331 e. The molecule has 0 radical (unpaired) electrons. The highest BCUT2D eigenvalue weighted by atomic mass is 16.2. The average molecular weight is 219 g/mol. The van der Waals surface area contributed by atoms with Crippen LogP contribution in [0.3, 0.4) is 0 Å². The number of imidazole rings is 1. The lowest BCUT2D eigenvalue weighted by Crippen LogP contribution is -2.38. The van der Waals surface area contributed by atoms with E-state index in [4.69, 9.17) is 0 Å². The smallest absolute Gasteiger partial charge is 0.227 e. The Labute approximate surface area is 92.9 Å². The summed E-state index contributed by atoms with van der Waals surface area (Å²) in [6, 6.07) is 0.539. The monoisotopic (exact) mass is 219 g/mol. The van der Waals surface area contributed by atoms with Gasteiger partial charge in [-0.15, -0.1) is 0 Å². The van der Waals surface area contributed by atoms with E-state index in [-0.39, 0.29) is 17.7 Å². The van der Waals surface area contributed by atoms with Gasteiger partial charge in [0.2, 0.25) is 11.8 Å². The normalized spacial score (nSPS) is 22.2. The summed E-state index contributed by atoms with van der Waals surface area (Å²) in [5.41, 5.74) is 1.03. The lowest BCUT2D eigenvalue weighted by Gasteiger charge is -2.21. The second kappa shape index (κ2) is 3.43. The van der Waals surface area contributed by atoms with Crippen LogP contribution >= 0.6 is 0 Å². The quantitative estimate of drug-likeness (QED) is 0.746. The topological polar surface area (TPSA) is 64.0 Å². The van der Waals surface area contributed by atoms with Gasteiger partial charge >= 0.3 is 0 Å². The molecule has 2 heterocycles. The Morgan fingerprint density at radius 1 is 1.25 bits per heavy atom. The average Bonchev–Trinajstić information content (AvgIpc) is 2.94. The Morgan fingerprint density at radius 2 is 1.94 bits per heavy atom. The minimum atomic E-state index is -0.176. The third kappa shape index (κ3) is 1.62. The number of piperidine rings is 1. The molecule has 5 heteroatoms. The van der Waals surface area contributed by atoms with Gasteiger partial charge in [0.05, 0.1) is 6.33 Å². The number of rotatable bonds is 2. The highest BCUT2D eigenvalue weighted by molar-refractivity contribution is 5.98. The van der Waals surface area contributed by atoms with E-state index in [9.17, 15) is 9.59 Å². The fourth-order valence-electron chi connectivity index (χ4n) is 2.28. The van der Waals surface area contributed by atoms with Crippen LogP contribution in [-0.4, -0.2) is 21.4 Å². The Bertz CT molecular complexity index is 432. The Kier molecular flexibility index (Phi) is 2.05. The number of amides is 2. The van der Waals surface area contributed by atoms with E-state index in [0.717, 1.165) is 5.69 Å². The maximum atomic E-state index is 11.3. The predicted molar refractivity (Wildman–Crippen MR) is 55.6 cm³/mol. The lowest BCUT2D eigenvalue weighted by atomic mass is 9.94. The van der Waals surface area contributed by atoms with Crippen molar-refractivity contribution < 1.29 is 9.59 Å². The molecule has 3 rings (SSSR count). The summed E-state index contributed by atoms with van der Waals surface area (Å²) in [4.78, 5) is 26.8. The van der Waals surface area contributed by atoms with E-state index in [0.29, 0.717) is 18.9 Å². The number of nitrogens with zero attached hydrogens (tertiary/aromatic N) is 2. The summed E-state index contributed by atoms with van der Waals surface area (Å²) in [7, 11) is 0. The summed E-state index contributed by atoms with van der Waals surface area (Å²) >= 11 is 0. The molecule has 1 aliphatic heterocycles. The zero-order valence-electron chi connectivity index (χ0n) is 8.85. The van der Waals surface area contributed by atoms with Crippen molar-refractivity contribution in [2.75, 3.05) is 0 Å². The summed E-state index contributed by atoms with van der Waals surface area (Å²) in [6.07, 6.45) is 6.74. The van der Waals surface area contributed by atoms with E-state index < -0.39 is 0 Å². The van der Waals surface area contributed by atoms with Crippen LogP contribution in [0.5, 0.6) is 0 Å². The zero-order valence-corrected chi connectivity index (χ0v) is 8.85. The maximum Gasteiger partial charge on any atom is 0.227 e. The van der Waals surface area contributed by atoms with Gasteiger partial charge in [-0.3, -0.25) is 14.9 Å². The number of carbonyl (C=O) groups is 2. The Hall–Kier alpha value is -1.65. The van der Waals surface area contributed by atoms with Crippen LogP contribution in [0.15, 0.2) is 12.5 Å². The van der Waals surface area contributed by atoms with E-state index in [2.05, 4.69) is 14.9 Å². The van der Waals surface area contributed by atoms with Crippen LogP contribution in [0.25, 0.3) is 0 Å². The number of carbonyl (C=O) groups excluding carboxylic acids is 2. The standard InChI is InChI=1S/C11H13N3O2/c15-10-3-7(4-11(16)13-10)9-5-12-6-14(9)8-1-2-8/h5-8H,1-4H2,(H,13,15,16). The third-order valence-corrected chi connectivity index (χ3v) is 3.20. The maximum absolute atomic E-state index is 11.3. The van der Waals surface area contributed by atoms with Gasteiger partial charge in [-0.25, -0.2) is 4.98 Å². The molecule has 2 fully saturated rings. The third-order valence-electron chi connectivity index (χ3n) is 3.20. The first-order chi connectivity index (χ1) is 7.74. The molecule has 1 aromatic rings. The molecule has 2 aliphatic rings. The first kappa shape index (κ1) is 9.57. The number of aromatic nitrogens is 2. The molecule has 5 nitrogen and oxygen atoms in total. The van der Waals surface area contributed by atoms with Crippen molar-refractivity contribution in [3.63, 3.8) is 0 Å². The second-order valence-electron chi connectivity index (χ2n) is 4.53. The first-order valence-electron chi connectivity index (χ1n) is 5.58. The van der Waals surface area contributed by atoms with Crippen LogP contribution in [0.2, 0.25) is 0 Å². The van der Waals surface area contributed by atoms with Crippen LogP contribution in [0.4, 0.5) is 0 Å². The fraction of sp³-hybridized carbons (Fsp3) is 0.545.